The molecule has 0 unspecified atom stereocenters. The minimum atomic E-state index is -0.192. The summed E-state index contributed by atoms with van der Waals surface area (Å²) in [4.78, 5) is 11.4. The van der Waals surface area contributed by atoms with Crippen LogP contribution in [0.5, 0.6) is 0 Å². The number of rotatable bonds is 6. The van der Waals surface area contributed by atoms with Gasteiger partial charge in [0.15, 0.2) is 0 Å². The predicted molar refractivity (Wildman–Crippen MR) is 73.5 cm³/mol. The quantitative estimate of drug-likeness (QED) is 0.590. The van der Waals surface area contributed by atoms with E-state index in [1.54, 1.807) is 0 Å². The Bertz CT molecular complexity index is 380. The van der Waals surface area contributed by atoms with Crippen molar-refractivity contribution in [2.75, 3.05) is 12.5 Å². The summed E-state index contributed by atoms with van der Waals surface area (Å²) in [6.45, 7) is 2.23. The van der Waals surface area contributed by atoms with Crippen LogP contribution in [-0.2, 0) is 22.4 Å². The van der Waals surface area contributed by atoms with Crippen LogP contribution >= 0.6 is 27.5 Å². The number of esters is 1. The molecule has 0 fully saturated rings. The van der Waals surface area contributed by atoms with Crippen molar-refractivity contribution in [1.29, 1.82) is 0 Å². The standard InChI is InChI=1S/C13H16BrClO2/c1-2-17-12(16)9-11-6-3-5-10(13(11)14)7-4-8-15/h3,5-6H,2,4,7-9H2,1H3. The van der Waals surface area contributed by atoms with Crippen LogP contribution in [-0.4, -0.2) is 18.5 Å². The van der Waals surface area contributed by atoms with Crippen molar-refractivity contribution >= 4 is 33.5 Å². The second-order valence-corrected chi connectivity index (χ2v) is 4.84. The van der Waals surface area contributed by atoms with E-state index in [1.807, 2.05) is 25.1 Å². The molecule has 0 N–H and O–H groups in total. The maximum Gasteiger partial charge on any atom is 0.310 e. The smallest absolute Gasteiger partial charge is 0.310 e. The number of hydrogen-bond acceptors (Lipinski definition) is 2. The van der Waals surface area contributed by atoms with Gasteiger partial charge < -0.3 is 4.74 Å². The first-order chi connectivity index (χ1) is 8.19. The first-order valence-corrected chi connectivity index (χ1v) is 6.99. The molecule has 0 aliphatic carbocycles. The largest absolute Gasteiger partial charge is 0.466 e. The molecule has 0 saturated heterocycles. The Balaban J connectivity index is 2.75. The zero-order valence-electron chi connectivity index (χ0n) is 9.84. The van der Waals surface area contributed by atoms with Gasteiger partial charge in [-0.25, -0.2) is 0 Å². The van der Waals surface area contributed by atoms with Gasteiger partial charge in [-0.3, -0.25) is 4.79 Å². The van der Waals surface area contributed by atoms with Crippen LogP contribution in [0.15, 0.2) is 22.7 Å². The number of halogens is 2. The van der Waals surface area contributed by atoms with Crippen molar-refractivity contribution < 1.29 is 9.53 Å². The molecule has 0 aliphatic heterocycles. The maximum absolute atomic E-state index is 11.4. The van der Waals surface area contributed by atoms with Crippen LogP contribution in [0.25, 0.3) is 0 Å². The molecule has 0 saturated carbocycles. The first kappa shape index (κ1) is 14.5. The van der Waals surface area contributed by atoms with Crippen molar-refractivity contribution in [3.63, 3.8) is 0 Å². The second-order valence-electron chi connectivity index (χ2n) is 3.66. The van der Waals surface area contributed by atoms with Crippen molar-refractivity contribution in [3.05, 3.63) is 33.8 Å². The molecule has 17 heavy (non-hydrogen) atoms. The van der Waals surface area contributed by atoms with Crippen LogP contribution in [0.4, 0.5) is 0 Å². The summed E-state index contributed by atoms with van der Waals surface area (Å²) in [6, 6.07) is 5.94. The third-order valence-corrected chi connectivity index (χ3v) is 3.66. The van der Waals surface area contributed by atoms with Crippen LogP contribution < -0.4 is 0 Å². The number of carbonyl (C=O) groups excluding carboxylic acids is 1. The highest BCUT2D eigenvalue weighted by Crippen LogP contribution is 2.24. The third-order valence-electron chi connectivity index (χ3n) is 2.38. The zero-order valence-corrected chi connectivity index (χ0v) is 12.2. The van der Waals surface area contributed by atoms with E-state index in [-0.39, 0.29) is 5.97 Å². The number of aryl methyl sites for hydroxylation is 1. The highest BCUT2D eigenvalue weighted by Gasteiger charge is 2.10. The van der Waals surface area contributed by atoms with Gasteiger partial charge in [-0.1, -0.05) is 34.1 Å². The first-order valence-electron chi connectivity index (χ1n) is 5.66. The van der Waals surface area contributed by atoms with Crippen molar-refractivity contribution in [2.45, 2.75) is 26.2 Å². The van der Waals surface area contributed by atoms with Gasteiger partial charge in [0.25, 0.3) is 0 Å². The SMILES string of the molecule is CCOC(=O)Cc1cccc(CCCCl)c1Br. The van der Waals surface area contributed by atoms with Gasteiger partial charge in [0, 0.05) is 10.4 Å². The van der Waals surface area contributed by atoms with Gasteiger partial charge in [0.2, 0.25) is 0 Å². The summed E-state index contributed by atoms with van der Waals surface area (Å²) in [5.74, 6) is 0.455. The lowest BCUT2D eigenvalue weighted by Crippen LogP contribution is -2.08. The maximum atomic E-state index is 11.4. The van der Waals surface area contributed by atoms with Crippen molar-refractivity contribution in [1.82, 2.24) is 0 Å². The Morgan fingerprint density at radius 3 is 2.76 bits per heavy atom. The van der Waals surface area contributed by atoms with E-state index in [1.165, 1.54) is 5.56 Å². The van der Waals surface area contributed by atoms with E-state index in [0.717, 1.165) is 22.9 Å². The average Bonchev–Trinajstić information content (AvgIpc) is 2.30. The number of alkyl halides is 1. The van der Waals surface area contributed by atoms with Crippen molar-refractivity contribution in [3.8, 4) is 0 Å². The molecule has 0 bridgehead atoms. The van der Waals surface area contributed by atoms with Crippen LogP contribution in [0.1, 0.15) is 24.5 Å². The molecule has 0 aromatic heterocycles. The lowest BCUT2D eigenvalue weighted by atomic mass is 10.0. The fraction of sp³-hybridized carbons (Fsp3) is 0.462. The molecule has 0 spiro atoms. The van der Waals surface area contributed by atoms with Crippen molar-refractivity contribution in [2.24, 2.45) is 0 Å². The van der Waals surface area contributed by atoms with E-state index >= 15 is 0 Å². The van der Waals surface area contributed by atoms with E-state index in [2.05, 4.69) is 15.9 Å². The molecular weight excluding hydrogens is 303 g/mol. The number of carbonyl (C=O) groups is 1. The average molecular weight is 320 g/mol. The fourth-order valence-electron chi connectivity index (χ4n) is 1.59. The molecule has 0 radical (unpaired) electrons. The van der Waals surface area contributed by atoms with Gasteiger partial charge in [0.1, 0.15) is 0 Å². The normalized spacial score (nSPS) is 10.3. The molecular formula is C13H16BrClO2. The predicted octanol–water partition coefficient (Wildman–Crippen LogP) is 3.73. The molecule has 4 heteroatoms. The van der Waals surface area contributed by atoms with E-state index in [4.69, 9.17) is 16.3 Å². The highest BCUT2D eigenvalue weighted by atomic mass is 79.9. The highest BCUT2D eigenvalue weighted by molar-refractivity contribution is 9.10. The Kier molecular flexibility index (Phi) is 6.60. The zero-order chi connectivity index (χ0) is 12.7. The van der Waals surface area contributed by atoms with E-state index in [9.17, 15) is 4.79 Å². The van der Waals surface area contributed by atoms with E-state index in [0.29, 0.717) is 18.9 Å². The summed E-state index contributed by atoms with van der Waals surface area (Å²) >= 11 is 9.22. The number of ether oxygens (including phenoxy) is 1. The minimum Gasteiger partial charge on any atom is -0.466 e. The molecule has 1 rings (SSSR count). The molecule has 2 nitrogen and oxygen atoms in total. The second kappa shape index (κ2) is 7.72. The molecule has 0 amide bonds. The Morgan fingerprint density at radius 2 is 2.12 bits per heavy atom. The Labute approximate surface area is 115 Å². The minimum absolute atomic E-state index is 0.192. The molecule has 0 heterocycles. The number of hydrogen-bond donors (Lipinski definition) is 0. The topological polar surface area (TPSA) is 26.3 Å². The van der Waals surface area contributed by atoms with Gasteiger partial charge >= 0.3 is 5.97 Å². The van der Waals surface area contributed by atoms with E-state index < -0.39 is 0 Å². The van der Waals surface area contributed by atoms with Gasteiger partial charge in [-0.15, -0.1) is 11.6 Å². The molecule has 0 atom stereocenters. The lowest BCUT2D eigenvalue weighted by molar-refractivity contribution is -0.142. The molecule has 1 aromatic rings. The van der Waals surface area contributed by atoms with Gasteiger partial charge in [0.05, 0.1) is 13.0 Å². The summed E-state index contributed by atoms with van der Waals surface area (Å²) in [5.41, 5.74) is 2.16. The van der Waals surface area contributed by atoms with Crippen LogP contribution in [0.3, 0.4) is 0 Å². The Hall–Kier alpha value is -0.540. The fourth-order valence-corrected chi connectivity index (χ4v) is 2.32. The van der Waals surface area contributed by atoms with Gasteiger partial charge in [-0.05, 0) is 30.9 Å². The summed E-state index contributed by atoms with van der Waals surface area (Å²) in [5, 5.41) is 0. The molecule has 1 aromatic carbocycles. The number of benzene rings is 1. The molecule has 94 valence electrons. The van der Waals surface area contributed by atoms with Gasteiger partial charge in [-0.2, -0.15) is 0 Å². The lowest BCUT2D eigenvalue weighted by Gasteiger charge is -2.09. The summed E-state index contributed by atoms with van der Waals surface area (Å²) < 4.78 is 5.94. The van der Waals surface area contributed by atoms with Crippen LogP contribution in [0.2, 0.25) is 0 Å². The Morgan fingerprint density at radius 1 is 1.41 bits per heavy atom. The summed E-state index contributed by atoms with van der Waals surface area (Å²) in [7, 11) is 0. The monoisotopic (exact) mass is 318 g/mol. The third kappa shape index (κ3) is 4.68. The summed E-state index contributed by atoms with van der Waals surface area (Å²) in [6.07, 6.45) is 2.16. The van der Waals surface area contributed by atoms with Crippen LogP contribution in [0, 0.1) is 0 Å². The molecule has 0 aliphatic rings.